The summed E-state index contributed by atoms with van der Waals surface area (Å²) in [6.07, 6.45) is 1.95. The van der Waals surface area contributed by atoms with Crippen molar-refractivity contribution < 1.29 is 9.53 Å². The normalized spacial score (nSPS) is 12.0. The van der Waals surface area contributed by atoms with E-state index in [-0.39, 0.29) is 11.9 Å². The molecule has 1 aromatic carbocycles. The van der Waals surface area contributed by atoms with E-state index < -0.39 is 0 Å². The monoisotopic (exact) mass is 278 g/mol. The standard InChI is InChI=1S/C16H26N2O2/c1-5-7-14(11-20-4)18-16(19)15-9-8-13(17-6-2)10-12(15)3/h8-10,14,17H,5-7,11H2,1-4H3,(H,18,19). The first-order chi connectivity index (χ1) is 9.62. The highest BCUT2D eigenvalue weighted by atomic mass is 16.5. The van der Waals surface area contributed by atoms with Gasteiger partial charge in [0.25, 0.3) is 5.91 Å². The minimum Gasteiger partial charge on any atom is -0.385 e. The molecule has 112 valence electrons. The highest BCUT2D eigenvalue weighted by Gasteiger charge is 2.14. The van der Waals surface area contributed by atoms with Gasteiger partial charge in [0, 0.05) is 24.9 Å². The summed E-state index contributed by atoms with van der Waals surface area (Å²) >= 11 is 0. The maximum atomic E-state index is 12.3. The van der Waals surface area contributed by atoms with Gasteiger partial charge in [0.15, 0.2) is 0 Å². The van der Waals surface area contributed by atoms with Crippen molar-refractivity contribution in [2.75, 3.05) is 25.6 Å². The molecule has 1 aromatic rings. The second kappa shape index (κ2) is 8.59. The Bertz CT molecular complexity index is 426. The number of hydrogen-bond acceptors (Lipinski definition) is 3. The van der Waals surface area contributed by atoms with Crippen LogP contribution in [0.3, 0.4) is 0 Å². The zero-order valence-corrected chi connectivity index (χ0v) is 13.0. The average Bonchev–Trinajstić information content (AvgIpc) is 2.39. The van der Waals surface area contributed by atoms with Gasteiger partial charge in [0.2, 0.25) is 0 Å². The second-order valence-corrected chi connectivity index (χ2v) is 4.97. The van der Waals surface area contributed by atoms with Gasteiger partial charge in [-0.25, -0.2) is 0 Å². The van der Waals surface area contributed by atoms with Gasteiger partial charge in [-0.15, -0.1) is 0 Å². The van der Waals surface area contributed by atoms with E-state index in [1.165, 1.54) is 0 Å². The molecule has 4 nitrogen and oxygen atoms in total. The minimum absolute atomic E-state index is 0.0268. The number of anilines is 1. The fourth-order valence-electron chi connectivity index (χ4n) is 2.24. The van der Waals surface area contributed by atoms with E-state index in [1.807, 2.05) is 25.1 Å². The number of hydrogen-bond donors (Lipinski definition) is 2. The molecule has 4 heteroatoms. The number of ether oxygens (including phenoxy) is 1. The van der Waals surface area contributed by atoms with Gasteiger partial charge in [0.05, 0.1) is 12.6 Å². The predicted octanol–water partition coefficient (Wildman–Crippen LogP) is 2.97. The number of benzene rings is 1. The van der Waals surface area contributed by atoms with E-state index in [0.717, 1.165) is 36.2 Å². The van der Waals surface area contributed by atoms with Crippen molar-refractivity contribution >= 4 is 11.6 Å². The molecule has 0 saturated carbocycles. The summed E-state index contributed by atoms with van der Waals surface area (Å²) in [5.41, 5.74) is 2.75. The lowest BCUT2D eigenvalue weighted by Crippen LogP contribution is -2.38. The Morgan fingerprint density at radius 1 is 1.35 bits per heavy atom. The number of methoxy groups -OCH3 is 1. The third-order valence-electron chi connectivity index (χ3n) is 3.19. The van der Waals surface area contributed by atoms with E-state index in [0.29, 0.717) is 6.61 Å². The number of carbonyl (C=O) groups is 1. The Morgan fingerprint density at radius 2 is 2.10 bits per heavy atom. The lowest BCUT2D eigenvalue weighted by atomic mass is 10.1. The van der Waals surface area contributed by atoms with Crippen LogP contribution in [0, 0.1) is 6.92 Å². The molecule has 0 spiro atoms. The zero-order chi connectivity index (χ0) is 15.0. The number of aryl methyl sites for hydroxylation is 1. The van der Waals surface area contributed by atoms with Crippen LogP contribution in [0.2, 0.25) is 0 Å². The van der Waals surface area contributed by atoms with E-state index >= 15 is 0 Å². The summed E-state index contributed by atoms with van der Waals surface area (Å²) in [4.78, 5) is 12.3. The maximum absolute atomic E-state index is 12.3. The lowest BCUT2D eigenvalue weighted by Gasteiger charge is -2.18. The molecule has 1 amide bonds. The fourth-order valence-corrected chi connectivity index (χ4v) is 2.24. The summed E-state index contributed by atoms with van der Waals surface area (Å²) < 4.78 is 5.15. The summed E-state index contributed by atoms with van der Waals surface area (Å²) in [5, 5.41) is 6.29. The molecule has 0 saturated heterocycles. The van der Waals surface area contributed by atoms with E-state index in [1.54, 1.807) is 7.11 Å². The summed E-state index contributed by atoms with van der Waals surface area (Å²) in [5.74, 6) is -0.0268. The molecule has 20 heavy (non-hydrogen) atoms. The van der Waals surface area contributed by atoms with Gasteiger partial charge in [-0.2, -0.15) is 0 Å². The molecule has 0 heterocycles. The van der Waals surface area contributed by atoms with E-state index in [2.05, 4.69) is 24.5 Å². The van der Waals surface area contributed by atoms with Crippen molar-refractivity contribution in [3.63, 3.8) is 0 Å². The second-order valence-electron chi connectivity index (χ2n) is 4.97. The quantitative estimate of drug-likeness (QED) is 0.768. The zero-order valence-electron chi connectivity index (χ0n) is 13.0. The van der Waals surface area contributed by atoms with Crippen molar-refractivity contribution in [2.24, 2.45) is 0 Å². The smallest absolute Gasteiger partial charge is 0.251 e. The van der Waals surface area contributed by atoms with Crippen LogP contribution >= 0.6 is 0 Å². The third kappa shape index (κ3) is 4.85. The van der Waals surface area contributed by atoms with E-state index in [9.17, 15) is 4.79 Å². The Hall–Kier alpha value is -1.55. The first-order valence-corrected chi connectivity index (χ1v) is 7.26. The van der Waals surface area contributed by atoms with Crippen LogP contribution in [0.25, 0.3) is 0 Å². The topological polar surface area (TPSA) is 50.4 Å². The molecule has 0 bridgehead atoms. The number of nitrogens with one attached hydrogen (secondary N) is 2. The van der Waals surface area contributed by atoms with Crippen LogP contribution in [-0.4, -0.2) is 32.2 Å². The highest BCUT2D eigenvalue weighted by molar-refractivity contribution is 5.96. The molecule has 2 N–H and O–H groups in total. The number of rotatable bonds is 8. The molecule has 0 aliphatic carbocycles. The van der Waals surface area contributed by atoms with Gasteiger partial charge >= 0.3 is 0 Å². The van der Waals surface area contributed by atoms with Crippen molar-refractivity contribution in [1.29, 1.82) is 0 Å². The predicted molar refractivity (Wildman–Crippen MR) is 83.4 cm³/mol. The molecule has 0 aliphatic rings. The van der Waals surface area contributed by atoms with Crippen molar-refractivity contribution in [3.8, 4) is 0 Å². The number of amides is 1. The van der Waals surface area contributed by atoms with Crippen molar-refractivity contribution in [1.82, 2.24) is 5.32 Å². The summed E-state index contributed by atoms with van der Waals surface area (Å²) in [7, 11) is 1.66. The molecular weight excluding hydrogens is 252 g/mol. The first kappa shape index (κ1) is 16.5. The van der Waals surface area contributed by atoms with E-state index in [4.69, 9.17) is 4.74 Å². The van der Waals surface area contributed by atoms with Gasteiger partial charge in [-0.1, -0.05) is 13.3 Å². The molecule has 1 unspecified atom stereocenters. The minimum atomic E-state index is -0.0268. The third-order valence-corrected chi connectivity index (χ3v) is 3.19. The Kier molecular flexibility index (Phi) is 7.09. The first-order valence-electron chi connectivity index (χ1n) is 7.26. The maximum Gasteiger partial charge on any atom is 0.251 e. The van der Waals surface area contributed by atoms with Crippen molar-refractivity contribution in [2.45, 2.75) is 39.7 Å². The number of carbonyl (C=O) groups excluding carboxylic acids is 1. The fraction of sp³-hybridized carbons (Fsp3) is 0.562. The Labute approximate surface area is 121 Å². The molecule has 1 atom stereocenters. The van der Waals surface area contributed by atoms with Crippen LogP contribution in [-0.2, 0) is 4.74 Å². The Balaban J connectivity index is 2.75. The molecule has 0 radical (unpaired) electrons. The lowest BCUT2D eigenvalue weighted by molar-refractivity contribution is 0.0891. The molecule has 0 fully saturated rings. The van der Waals surface area contributed by atoms with Gasteiger partial charge < -0.3 is 15.4 Å². The summed E-state index contributed by atoms with van der Waals surface area (Å²) in [6, 6.07) is 5.89. The molecule has 1 rings (SSSR count). The SMILES string of the molecule is CCCC(COC)NC(=O)c1ccc(NCC)cc1C. The molecular formula is C16H26N2O2. The van der Waals surface area contributed by atoms with Crippen LogP contribution < -0.4 is 10.6 Å². The molecule has 0 aromatic heterocycles. The Morgan fingerprint density at radius 3 is 2.65 bits per heavy atom. The molecule has 0 aliphatic heterocycles. The van der Waals surface area contributed by atoms with Gasteiger partial charge in [-0.05, 0) is 44.0 Å². The summed E-state index contributed by atoms with van der Waals surface area (Å²) in [6.45, 7) is 7.54. The van der Waals surface area contributed by atoms with Crippen molar-refractivity contribution in [3.05, 3.63) is 29.3 Å². The van der Waals surface area contributed by atoms with Crippen LogP contribution in [0.5, 0.6) is 0 Å². The van der Waals surface area contributed by atoms with Gasteiger partial charge in [-0.3, -0.25) is 4.79 Å². The highest BCUT2D eigenvalue weighted by Crippen LogP contribution is 2.15. The average molecular weight is 278 g/mol. The largest absolute Gasteiger partial charge is 0.385 e. The van der Waals surface area contributed by atoms with Crippen LogP contribution in [0.15, 0.2) is 18.2 Å². The van der Waals surface area contributed by atoms with Gasteiger partial charge in [0.1, 0.15) is 0 Å². The van der Waals surface area contributed by atoms with Crippen LogP contribution in [0.4, 0.5) is 5.69 Å². The van der Waals surface area contributed by atoms with Crippen LogP contribution in [0.1, 0.15) is 42.6 Å².